The monoisotopic (exact) mass is 413 g/mol. The number of aryl methyl sites for hydroxylation is 1. The highest BCUT2D eigenvalue weighted by Crippen LogP contribution is 2.36. The Hall–Kier alpha value is -3.86. The van der Waals surface area contributed by atoms with Crippen molar-refractivity contribution in [1.82, 2.24) is 4.57 Å². The van der Waals surface area contributed by atoms with E-state index < -0.39 is 0 Å². The molecule has 31 heavy (non-hydrogen) atoms. The number of benzene rings is 3. The van der Waals surface area contributed by atoms with Crippen molar-refractivity contribution in [2.24, 2.45) is 0 Å². The summed E-state index contributed by atoms with van der Waals surface area (Å²) in [7, 11) is 0. The lowest BCUT2D eigenvalue weighted by atomic mass is 10.1. The quantitative estimate of drug-likeness (QED) is 0.319. The fourth-order valence-electron chi connectivity index (χ4n) is 3.88. The molecule has 0 aliphatic rings. The lowest BCUT2D eigenvalue weighted by Crippen LogP contribution is -2.03. The summed E-state index contributed by atoms with van der Waals surface area (Å²) in [6, 6.07) is 23.5. The zero-order chi connectivity index (χ0) is 22.0. The number of hydrogen-bond donors (Lipinski definition) is 0. The molecule has 5 heteroatoms. The summed E-state index contributed by atoms with van der Waals surface area (Å²) in [5.41, 5.74) is 5.39. The summed E-state index contributed by atoms with van der Waals surface area (Å²) >= 11 is 0. The topological polar surface area (TPSA) is 57.5 Å². The van der Waals surface area contributed by atoms with Crippen LogP contribution in [-0.4, -0.2) is 16.5 Å². The molecule has 4 rings (SSSR count). The highest BCUT2D eigenvalue weighted by Gasteiger charge is 2.17. The molecule has 0 N–H and O–H groups in total. The molecule has 0 spiro atoms. The van der Waals surface area contributed by atoms with Crippen LogP contribution in [-0.2, 0) is 16.1 Å². The van der Waals surface area contributed by atoms with E-state index in [0.29, 0.717) is 18.0 Å². The summed E-state index contributed by atoms with van der Waals surface area (Å²) in [6.07, 6.45) is 0. The molecule has 0 radical (unpaired) electrons. The van der Waals surface area contributed by atoms with Crippen LogP contribution in [0.1, 0.15) is 25.0 Å². The minimum Gasteiger partial charge on any atom is -0.427 e. The molecule has 0 aliphatic heterocycles. The lowest BCUT2D eigenvalue weighted by Gasteiger charge is -2.13. The first-order valence-electron chi connectivity index (χ1n) is 10.1. The molecule has 5 nitrogen and oxygen atoms in total. The summed E-state index contributed by atoms with van der Waals surface area (Å²) in [5, 5.41) is 1.02. The molecule has 3 aromatic carbocycles. The maximum atomic E-state index is 11.4. The van der Waals surface area contributed by atoms with Crippen LogP contribution < -0.4 is 9.47 Å². The normalized spacial score (nSPS) is 10.8. The van der Waals surface area contributed by atoms with Crippen molar-refractivity contribution in [2.75, 3.05) is 0 Å². The van der Waals surface area contributed by atoms with Crippen LogP contribution in [0.2, 0.25) is 0 Å². The zero-order valence-electron chi connectivity index (χ0n) is 17.7. The van der Waals surface area contributed by atoms with Crippen molar-refractivity contribution in [3.63, 3.8) is 0 Å². The van der Waals surface area contributed by atoms with Crippen molar-refractivity contribution in [1.29, 1.82) is 0 Å². The van der Waals surface area contributed by atoms with E-state index in [1.165, 1.54) is 19.4 Å². The van der Waals surface area contributed by atoms with Gasteiger partial charge in [-0.15, -0.1) is 0 Å². The fourth-order valence-corrected chi connectivity index (χ4v) is 3.88. The van der Waals surface area contributed by atoms with Gasteiger partial charge in [-0.2, -0.15) is 0 Å². The number of carbonyl (C=O) groups excluding carboxylic acids is 2. The van der Waals surface area contributed by atoms with Crippen LogP contribution in [0.3, 0.4) is 0 Å². The van der Waals surface area contributed by atoms with E-state index >= 15 is 0 Å². The van der Waals surface area contributed by atoms with E-state index in [2.05, 4.69) is 23.6 Å². The second kappa shape index (κ2) is 8.48. The number of fused-ring (bicyclic) bond motifs is 1. The molecule has 0 atom stereocenters. The largest absolute Gasteiger partial charge is 0.427 e. The van der Waals surface area contributed by atoms with Gasteiger partial charge < -0.3 is 14.0 Å². The molecule has 0 saturated carbocycles. The average molecular weight is 413 g/mol. The summed E-state index contributed by atoms with van der Waals surface area (Å²) < 4.78 is 12.7. The predicted molar refractivity (Wildman–Crippen MR) is 120 cm³/mol. The van der Waals surface area contributed by atoms with Gasteiger partial charge in [-0.3, -0.25) is 9.59 Å². The molecular formula is C26H23NO4. The van der Waals surface area contributed by atoms with Gasteiger partial charge in [0, 0.05) is 31.3 Å². The Bertz CT molecular complexity index is 1250. The standard InChI is InChI=1S/C26H23NO4/c1-17-24-15-23(31-19(3)29)13-14-25(24)27(16-20-7-5-4-6-8-20)26(17)21-9-11-22(12-10-21)30-18(2)28/h4-15H,16H2,1-3H3. The molecule has 0 aliphatic carbocycles. The van der Waals surface area contributed by atoms with Gasteiger partial charge >= 0.3 is 11.9 Å². The van der Waals surface area contributed by atoms with Crippen molar-refractivity contribution in [2.45, 2.75) is 27.3 Å². The van der Waals surface area contributed by atoms with Gasteiger partial charge in [-0.25, -0.2) is 0 Å². The Morgan fingerprint density at radius 3 is 2.06 bits per heavy atom. The smallest absolute Gasteiger partial charge is 0.308 e. The first-order chi connectivity index (χ1) is 14.9. The van der Waals surface area contributed by atoms with Crippen molar-refractivity contribution < 1.29 is 19.1 Å². The highest BCUT2D eigenvalue weighted by molar-refractivity contribution is 5.93. The number of ether oxygens (including phenoxy) is 2. The number of esters is 2. The average Bonchev–Trinajstić information content (AvgIpc) is 3.00. The minimum atomic E-state index is -0.347. The SMILES string of the molecule is CC(=O)Oc1ccc(-c2c(C)c3cc(OC(C)=O)ccc3n2Cc2ccccc2)cc1. The third kappa shape index (κ3) is 4.36. The van der Waals surface area contributed by atoms with E-state index in [-0.39, 0.29) is 11.9 Å². The molecule has 156 valence electrons. The fraction of sp³-hybridized carbons (Fsp3) is 0.154. The summed E-state index contributed by atoms with van der Waals surface area (Å²) in [6.45, 7) is 5.54. The second-order valence-corrected chi connectivity index (χ2v) is 7.44. The first kappa shape index (κ1) is 20.4. The predicted octanol–water partition coefficient (Wildman–Crippen LogP) is 5.52. The van der Waals surface area contributed by atoms with Gasteiger partial charge in [-0.05, 0) is 66.1 Å². The first-order valence-corrected chi connectivity index (χ1v) is 10.1. The van der Waals surface area contributed by atoms with Crippen LogP contribution in [0.25, 0.3) is 22.2 Å². The van der Waals surface area contributed by atoms with E-state index in [0.717, 1.165) is 27.7 Å². The third-order valence-electron chi connectivity index (χ3n) is 5.12. The van der Waals surface area contributed by atoms with Crippen molar-refractivity contribution in [3.05, 3.63) is 83.9 Å². The highest BCUT2D eigenvalue weighted by atomic mass is 16.5. The van der Waals surface area contributed by atoms with E-state index in [4.69, 9.17) is 9.47 Å². The van der Waals surface area contributed by atoms with Crippen molar-refractivity contribution >= 4 is 22.8 Å². The van der Waals surface area contributed by atoms with Gasteiger partial charge in [0.15, 0.2) is 0 Å². The second-order valence-electron chi connectivity index (χ2n) is 7.44. The molecular weight excluding hydrogens is 390 g/mol. The zero-order valence-corrected chi connectivity index (χ0v) is 17.7. The van der Waals surface area contributed by atoms with Crippen LogP contribution >= 0.6 is 0 Å². The van der Waals surface area contributed by atoms with Gasteiger partial charge in [0.25, 0.3) is 0 Å². The maximum Gasteiger partial charge on any atom is 0.308 e. The number of rotatable bonds is 5. The molecule has 0 unspecified atom stereocenters. The van der Waals surface area contributed by atoms with E-state index in [1.807, 2.05) is 48.5 Å². The van der Waals surface area contributed by atoms with Crippen LogP contribution in [0, 0.1) is 6.92 Å². The minimum absolute atomic E-state index is 0.345. The Labute approximate surface area is 180 Å². The van der Waals surface area contributed by atoms with Crippen molar-refractivity contribution in [3.8, 4) is 22.8 Å². The van der Waals surface area contributed by atoms with Gasteiger partial charge in [0.05, 0.1) is 5.69 Å². The summed E-state index contributed by atoms with van der Waals surface area (Å²) in [4.78, 5) is 22.7. The molecule has 0 saturated heterocycles. The maximum absolute atomic E-state index is 11.4. The Balaban J connectivity index is 1.87. The van der Waals surface area contributed by atoms with Gasteiger partial charge in [0.2, 0.25) is 0 Å². The Morgan fingerprint density at radius 1 is 0.806 bits per heavy atom. The van der Waals surface area contributed by atoms with Crippen LogP contribution in [0.4, 0.5) is 0 Å². The Kier molecular flexibility index (Phi) is 5.58. The van der Waals surface area contributed by atoms with Crippen LogP contribution in [0.5, 0.6) is 11.5 Å². The van der Waals surface area contributed by atoms with E-state index in [1.54, 1.807) is 12.1 Å². The molecule has 0 bridgehead atoms. The summed E-state index contributed by atoms with van der Waals surface area (Å²) in [5.74, 6) is 0.343. The number of hydrogen-bond acceptors (Lipinski definition) is 4. The van der Waals surface area contributed by atoms with Gasteiger partial charge in [-0.1, -0.05) is 30.3 Å². The molecule has 4 aromatic rings. The van der Waals surface area contributed by atoms with E-state index in [9.17, 15) is 9.59 Å². The van der Waals surface area contributed by atoms with Crippen LogP contribution in [0.15, 0.2) is 72.8 Å². The third-order valence-corrected chi connectivity index (χ3v) is 5.12. The van der Waals surface area contributed by atoms with Gasteiger partial charge in [0.1, 0.15) is 11.5 Å². The lowest BCUT2D eigenvalue weighted by molar-refractivity contribution is -0.132. The number of aromatic nitrogens is 1. The number of nitrogens with zero attached hydrogens (tertiary/aromatic N) is 1. The number of carbonyl (C=O) groups is 2. The molecule has 1 aromatic heterocycles. The Morgan fingerprint density at radius 2 is 1.42 bits per heavy atom. The molecule has 0 amide bonds. The molecule has 0 fully saturated rings. The molecule has 1 heterocycles.